The van der Waals surface area contributed by atoms with Crippen LogP contribution in [0.2, 0.25) is 0 Å². The van der Waals surface area contributed by atoms with E-state index in [1.54, 1.807) is 0 Å². The lowest BCUT2D eigenvalue weighted by Gasteiger charge is -2.38. The number of pyridine rings is 1. The van der Waals surface area contributed by atoms with Crippen LogP contribution in [-0.2, 0) is 20.4 Å². The van der Waals surface area contributed by atoms with Gasteiger partial charge in [0.2, 0.25) is 15.9 Å². The number of ether oxygens (including phenoxy) is 1. The van der Waals surface area contributed by atoms with Crippen LogP contribution in [-0.4, -0.2) is 38.9 Å². The molecule has 0 saturated heterocycles. The summed E-state index contributed by atoms with van der Waals surface area (Å²) in [6, 6.07) is 10.9. The van der Waals surface area contributed by atoms with Gasteiger partial charge < -0.3 is 10.1 Å². The molecule has 1 aromatic heterocycles. The van der Waals surface area contributed by atoms with Crippen LogP contribution in [0.3, 0.4) is 0 Å². The van der Waals surface area contributed by atoms with Crippen molar-refractivity contribution in [3.63, 3.8) is 0 Å². The summed E-state index contributed by atoms with van der Waals surface area (Å²) in [4.78, 5) is 17.0. The maximum absolute atomic E-state index is 14.9. The van der Waals surface area contributed by atoms with Crippen molar-refractivity contribution in [2.24, 2.45) is 0 Å². The number of alkyl halides is 3. The van der Waals surface area contributed by atoms with Gasteiger partial charge in [0.15, 0.2) is 5.54 Å². The molecule has 0 aliphatic heterocycles. The fourth-order valence-electron chi connectivity index (χ4n) is 3.68. The number of nitrogens with one attached hydrogen (secondary N) is 2. The summed E-state index contributed by atoms with van der Waals surface area (Å²) in [7, 11) is -2.47. The van der Waals surface area contributed by atoms with E-state index in [9.17, 15) is 30.8 Å². The number of hydrogen-bond donors (Lipinski definition) is 2. The molecule has 0 aliphatic carbocycles. The number of nitrogens with zero attached hydrogens (tertiary/aromatic N) is 1. The molecule has 2 atom stereocenters. The first-order valence-electron chi connectivity index (χ1n) is 10.5. The molecule has 0 spiro atoms. The number of carbonyl (C=O) groups excluding carboxylic acids is 1. The Morgan fingerprint density at radius 3 is 2.31 bits per heavy atom. The van der Waals surface area contributed by atoms with E-state index in [-0.39, 0.29) is 28.1 Å². The van der Waals surface area contributed by atoms with Crippen molar-refractivity contribution in [2.75, 3.05) is 18.1 Å². The predicted octanol–water partition coefficient (Wildman–Crippen LogP) is 4.33. The van der Waals surface area contributed by atoms with E-state index in [1.165, 1.54) is 56.6 Å². The minimum absolute atomic E-state index is 0.0388. The number of aromatic nitrogens is 1. The van der Waals surface area contributed by atoms with Crippen LogP contribution >= 0.6 is 0 Å². The number of hydrogen-bond acceptors (Lipinski definition) is 5. The van der Waals surface area contributed by atoms with Gasteiger partial charge in [-0.25, -0.2) is 12.8 Å². The van der Waals surface area contributed by atoms with Crippen molar-refractivity contribution in [3.05, 3.63) is 89.5 Å². The highest BCUT2D eigenvalue weighted by molar-refractivity contribution is 7.92. The molecule has 2 unspecified atom stereocenters. The van der Waals surface area contributed by atoms with Crippen molar-refractivity contribution in [1.29, 1.82) is 0 Å². The second kappa shape index (κ2) is 10.1. The largest absolute Gasteiger partial charge is 0.497 e. The summed E-state index contributed by atoms with van der Waals surface area (Å²) >= 11 is 0. The topological polar surface area (TPSA) is 97.4 Å². The van der Waals surface area contributed by atoms with E-state index in [4.69, 9.17) is 4.74 Å². The van der Waals surface area contributed by atoms with Crippen LogP contribution in [0.1, 0.15) is 29.5 Å². The summed E-state index contributed by atoms with van der Waals surface area (Å²) < 4.78 is 89.0. The molecule has 0 saturated carbocycles. The molecule has 12 heteroatoms. The highest BCUT2D eigenvalue weighted by Crippen LogP contribution is 2.45. The van der Waals surface area contributed by atoms with Crippen molar-refractivity contribution >= 4 is 21.6 Å². The van der Waals surface area contributed by atoms with Gasteiger partial charge in [0, 0.05) is 18.0 Å². The van der Waals surface area contributed by atoms with Gasteiger partial charge in [-0.1, -0.05) is 24.3 Å². The molecule has 1 heterocycles. The number of methoxy groups -OCH3 is 1. The number of amides is 1. The molecular formula is C24H23F4N3O4S. The SMILES string of the molecule is COc1cccc(C(NC(=O)C(C)c2ccc(NS(C)(=O)=O)c(F)c2)(c2cccnc2)C(F)(F)F)c1. The van der Waals surface area contributed by atoms with Crippen LogP contribution in [0.4, 0.5) is 23.2 Å². The van der Waals surface area contributed by atoms with Crippen molar-refractivity contribution < 1.29 is 35.5 Å². The quantitative estimate of drug-likeness (QED) is 0.427. The van der Waals surface area contributed by atoms with E-state index < -0.39 is 39.4 Å². The normalized spacial score (nSPS) is 14.4. The highest BCUT2D eigenvalue weighted by Gasteiger charge is 2.59. The predicted molar refractivity (Wildman–Crippen MR) is 125 cm³/mol. The van der Waals surface area contributed by atoms with E-state index in [2.05, 4.69) is 10.3 Å². The third kappa shape index (κ3) is 5.59. The Bertz CT molecular complexity index is 1350. The molecule has 0 fully saturated rings. The Hall–Kier alpha value is -3.67. The Morgan fingerprint density at radius 1 is 1.06 bits per heavy atom. The third-order valence-electron chi connectivity index (χ3n) is 5.51. The first-order chi connectivity index (χ1) is 16.8. The molecule has 2 aromatic carbocycles. The summed E-state index contributed by atoms with van der Waals surface area (Å²) in [5.41, 5.74) is -3.98. The fourth-order valence-corrected chi connectivity index (χ4v) is 4.24. The zero-order valence-corrected chi connectivity index (χ0v) is 20.2. The zero-order chi connectivity index (χ0) is 26.7. The van der Waals surface area contributed by atoms with Crippen LogP contribution in [0, 0.1) is 5.82 Å². The van der Waals surface area contributed by atoms with Gasteiger partial charge in [-0.15, -0.1) is 0 Å². The first-order valence-corrected chi connectivity index (χ1v) is 12.4. The fraction of sp³-hybridized carbons (Fsp3) is 0.250. The van der Waals surface area contributed by atoms with Crippen LogP contribution in [0.5, 0.6) is 5.75 Å². The lowest BCUT2D eigenvalue weighted by Crippen LogP contribution is -2.57. The molecule has 3 aromatic rings. The van der Waals surface area contributed by atoms with Crippen LogP contribution in [0.15, 0.2) is 67.0 Å². The standard InChI is InChI=1S/C24H23F4N3O4S/c1-15(16-9-10-21(20(25)12-16)31-36(3,33)34)22(32)30-23(24(26,27)28,18-7-5-11-29-14-18)17-6-4-8-19(13-17)35-2/h4-15,31H,1-3H3,(H,30,32). The first kappa shape index (κ1) is 26.9. The Morgan fingerprint density at radius 2 is 1.75 bits per heavy atom. The molecular weight excluding hydrogens is 502 g/mol. The third-order valence-corrected chi connectivity index (χ3v) is 6.11. The lowest BCUT2D eigenvalue weighted by molar-refractivity contribution is -0.190. The van der Waals surface area contributed by atoms with E-state index in [0.29, 0.717) is 0 Å². The number of sulfonamides is 1. The minimum atomic E-state index is -5.02. The van der Waals surface area contributed by atoms with Gasteiger partial charge in [-0.05, 0) is 48.4 Å². The van der Waals surface area contributed by atoms with Crippen molar-refractivity contribution in [1.82, 2.24) is 10.3 Å². The lowest BCUT2D eigenvalue weighted by atomic mass is 9.81. The number of halogens is 4. The molecule has 0 aliphatic rings. The van der Waals surface area contributed by atoms with Crippen LogP contribution < -0.4 is 14.8 Å². The molecule has 0 bridgehead atoms. The minimum Gasteiger partial charge on any atom is -0.497 e. The van der Waals surface area contributed by atoms with Gasteiger partial charge in [-0.2, -0.15) is 13.2 Å². The maximum Gasteiger partial charge on any atom is 0.420 e. The molecule has 36 heavy (non-hydrogen) atoms. The van der Waals surface area contributed by atoms with Gasteiger partial charge >= 0.3 is 6.18 Å². The van der Waals surface area contributed by atoms with Crippen LogP contribution in [0.25, 0.3) is 0 Å². The Balaban J connectivity index is 2.08. The van der Waals surface area contributed by atoms with E-state index in [0.717, 1.165) is 30.7 Å². The maximum atomic E-state index is 14.9. The number of rotatable bonds is 8. The van der Waals surface area contributed by atoms with Gasteiger partial charge in [0.1, 0.15) is 11.6 Å². The Kier molecular flexibility index (Phi) is 7.58. The monoisotopic (exact) mass is 525 g/mol. The second-order valence-electron chi connectivity index (χ2n) is 8.05. The number of benzene rings is 2. The Labute approximate surface area is 205 Å². The number of carbonyl (C=O) groups is 1. The van der Waals surface area contributed by atoms with E-state index in [1.807, 2.05) is 4.72 Å². The summed E-state index contributed by atoms with van der Waals surface area (Å²) in [5.74, 6) is -3.14. The summed E-state index contributed by atoms with van der Waals surface area (Å²) in [6.45, 7) is 1.31. The number of anilines is 1. The molecule has 192 valence electrons. The average molecular weight is 526 g/mol. The molecule has 1 amide bonds. The zero-order valence-electron chi connectivity index (χ0n) is 19.4. The molecule has 7 nitrogen and oxygen atoms in total. The molecule has 3 rings (SSSR count). The van der Waals surface area contributed by atoms with Gasteiger partial charge in [0.25, 0.3) is 0 Å². The van der Waals surface area contributed by atoms with Gasteiger partial charge in [-0.3, -0.25) is 14.5 Å². The van der Waals surface area contributed by atoms with Gasteiger partial charge in [0.05, 0.1) is 25.0 Å². The summed E-state index contributed by atoms with van der Waals surface area (Å²) in [5, 5.41) is 2.13. The molecule has 0 radical (unpaired) electrons. The smallest absolute Gasteiger partial charge is 0.420 e. The summed E-state index contributed by atoms with van der Waals surface area (Å²) in [6.07, 6.45) is -1.88. The molecule has 2 N–H and O–H groups in total. The average Bonchev–Trinajstić information content (AvgIpc) is 2.82. The van der Waals surface area contributed by atoms with Crippen molar-refractivity contribution in [3.8, 4) is 5.75 Å². The van der Waals surface area contributed by atoms with E-state index >= 15 is 0 Å². The second-order valence-corrected chi connectivity index (χ2v) is 9.79. The van der Waals surface area contributed by atoms with Crippen molar-refractivity contribution in [2.45, 2.75) is 24.6 Å². The highest BCUT2D eigenvalue weighted by atomic mass is 32.2.